The molecule has 1 aromatic carbocycles. The molecule has 0 atom stereocenters. The molecule has 3 rings (SSSR count). The molecule has 0 saturated carbocycles. The first-order valence-corrected chi connectivity index (χ1v) is 8.54. The number of hydrogen-bond donors (Lipinski definition) is 2. The Kier molecular flexibility index (Phi) is 5.60. The van der Waals surface area contributed by atoms with Gasteiger partial charge in [0.15, 0.2) is 5.82 Å². The molecular weight excluding hydrogens is 318 g/mol. The highest BCUT2D eigenvalue weighted by Crippen LogP contribution is 2.29. The molecule has 134 valence electrons. The fourth-order valence-electron chi connectivity index (χ4n) is 3.05. The van der Waals surface area contributed by atoms with Crippen molar-refractivity contribution < 1.29 is 14.6 Å². The molecule has 1 fully saturated rings. The highest BCUT2D eigenvalue weighted by Gasteiger charge is 2.20. The third kappa shape index (κ3) is 4.14. The fourth-order valence-corrected chi connectivity index (χ4v) is 3.05. The predicted molar refractivity (Wildman–Crippen MR) is 98.6 cm³/mol. The second-order valence-electron chi connectivity index (χ2n) is 6.12. The Balaban J connectivity index is 1.74. The van der Waals surface area contributed by atoms with Crippen LogP contribution in [0.4, 0.5) is 11.5 Å². The van der Waals surface area contributed by atoms with Gasteiger partial charge in [0, 0.05) is 37.5 Å². The number of pyridine rings is 1. The summed E-state index contributed by atoms with van der Waals surface area (Å²) in [5, 5.41) is 13.2. The van der Waals surface area contributed by atoms with Crippen LogP contribution in [-0.4, -0.2) is 43.5 Å². The zero-order chi connectivity index (χ0) is 17.6. The molecule has 1 saturated heterocycles. The Bertz CT molecular complexity index is 700. The van der Waals surface area contributed by atoms with E-state index in [2.05, 4.69) is 15.2 Å². The molecular formula is C19H25N3O3. The molecule has 0 amide bonds. The van der Waals surface area contributed by atoms with Crippen molar-refractivity contribution in [1.29, 1.82) is 0 Å². The number of aliphatic hydroxyl groups is 1. The van der Waals surface area contributed by atoms with E-state index in [1.807, 2.05) is 30.3 Å². The quantitative estimate of drug-likeness (QED) is 0.841. The van der Waals surface area contributed by atoms with Crippen LogP contribution in [0.5, 0.6) is 11.5 Å². The summed E-state index contributed by atoms with van der Waals surface area (Å²) in [6.07, 6.45) is 3.17. The fraction of sp³-hybridized carbons (Fsp3) is 0.421. The van der Waals surface area contributed by atoms with E-state index in [4.69, 9.17) is 9.47 Å². The SMILES string of the molecule is COc1ccc(CNc2cccnc2N2CCC(O)CC2)c(OC)c1. The maximum atomic E-state index is 9.71. The Labute approximate surface area is 148 Å². The highest BCUT2D eigenvalue weighted by molar-refractivity contribution is 5.65. The van der Waals surface area contributed by atoms with Gasteiger partial charge in [0.2, 0.25) is 0 Å². The van der Waals surface area contributed by atoms with Gasteiger partial charge in [0.25, 0.3) is 0 Å². The minimum atomic E-state index is -0.195. The molecule has 25 heavy (non-hydrogen) atoms. The maximum absolute atomic E-state index is 9.71. The van der Waals surface area contributed by atoms with Crippen molar-refractivity contribution in [2.45, 2.75) is 25.5 Å². The van der Waals surface area contributed by atoms with Crippen molar-refractivity contribution in [1.82, 2.24) is 4.98 Å². The molecule has 6 nitrogen and oxygen atoms in total. The Hall–Kier alpha value is -2.47. The first-order valence-electron chi connectivity index (χ1n) is 8.54. The molecule has 2 aromatic rings. The number of nitrogens with zero attached hydrogens (tertiary/aromatic N) is 2. The lowest BCUT2D eigenvalue weighted by Gasteiger charge is -2.31. The van der Waals surface area contributed by atoms with Gasteiger partial charge in [-0.3, -0.25) is 0 Å². The van der Waals surface area contributed by atoms with Crippen molar-refractivity contribution in [2.75, 3.05) is 37.5 Å². The minimum absolute atomic E-state index is 0.195. The van der Waals surface area contributed by atoms with Gasteiger partial charge in [-0.25, -0.2) is 4.98 Å². The number of rotatable bonds is 6. The van der Waals surface area contributed by atoms with E-state index in [0.717, 1.165) is 54.5 Å². The molecule has 0 bridgehead atoms. The summed E-state index contributed by atoms with van der Waals surface area (Å²) in [5.41, 5.74) is 2.03. The largest absolute Gasteiger partial charge is 0.497 e. The Morgan fingerprint density at radius 1 is 1.20 bits per heavy atom. The van der Waals surface area contributed by atoms with Crippen molar-refractivity contribution in [3.8, 4) is 11.5 Å². The van der Waals surface area contributed by atoms with Gasteiger partial charge in [0.05, 0.1) is 26.0 Å². The van der Waals surface area contributed by atoms with E-state index in [1.54, 1.807) is 20.4 Å². The molecule has 1 aliphatic heterocycles. The zero-order valence-electron chi connectivity index (χ0n) is 14.7. The van der Waals surface area contributed by atoms with Gasteiger partial charge in [-0.05, 0) is 37.1 Å². The molecule has 2 N–H and O–H groups in total. The minimum Gasteiger partial charge on any atom is -0.497 e. The standard InChI is InChI=1S/C19H25N3O3/c1-24-16-6-5-14(18(12-16)25-2)13-21-17-4-3-9-20-19(17)22-10-7-15(23)8-11-22/h3-6,9,12,15,21,23H,7-8,10-11,13H2,1-2H3. The predicted octanol–water partition coefficient (Wildman–Crippen LogP) is 2.67. The summed E-state index contributed by atoms with van der Waals surface area (Å²) >= 11 is 0. The van der Waals surface area contributed by atoms with Gasteiger partial charge in [0.1, 0.15) is 11.5 Å². The molecule has 1 aliphatic rings. The maximum Gasteiger partial charge on any atom is 0.151 e. The number of hydrogen-bond acceptors (Lipinski definition) is 6. The number of ether oxygens (including phenoxy) is 2. The van der Waals surface area contributed by atoms with Crippen molar-refractivity contribution in [3.63, 3.8) is 0 Å². The number of anilines is 2. The van der Waals surface area contributed by atoms with Gasteiger partial charge >= 0.3 is 0 Å². The third-order valence-corrected chi connectivity index (χ3v) is 4.51. The normalized spacial score (nSPS) is 15.1. The number of methoxy groups -OCH3 is 2. The van der Waals surface area contributed by atoms with Crippen LogP contribution in [0.25, 0.3) is 0 Å². The summed E-state index contributed by atoms with van der Waals surface area (Å²) < 4.78 is 10.7. The van der Waals surface area contributed by atoms with Crippen LogP contribution in [0, 0.1) is 0 Å². The van der Waals surface area contributed by atoms with Gasteiger partial charge in [-0.2, -0.15) is 0 Å². The molecule has 6 heteroatoms. The van der Waals surface area contributed by atoms with Crippen LogP contribution in [0.1, 0.15) is 18.4 Å². The Morgan fingerprint density at radius 3 is 2.72 bits per heavy atom. The molecule has 0 radical (unpaired) electrons. The third-order valence-electron chi connectivity index (χ3n) is 4.51. The van der Waals surface area contributed by atoms with Gasteiger partial charge in [-0.1, -0.05) is 0 Å². The zero-order valence-corrected chi connectivity index (χ0v) is 14.7. The summed E-state index contributed by atoms with van der Waals surface area (Å²) in [5.74, 6) is 2.50. The first-order chi connectivity index (χ1) is 12.2. The molecule has 1 aromatic heterocycles. The lowest BCUT2D eigenvalue weighted by molar-refractivity contribution is 0.145. The lowest BCUT2D eigenvalue weighted by Crippen LogP contribution is -2.36. The summed E-state index contributed by atoms with van der Waals surface area (Å²) in [6.45, 7) is 2.26. The van der Waals surface area contributed by atoms with E-state index in [-0.39, 0.29) is 6.10 Å². The molecule has 2 heterocycles. The number of aliphatic hydroxyl groups excluding tert-OH is 1. The van der Waals surface area contributed by atoms with Crippen molar-refractivity contribution in [2.24, 2.45) is 0 Å². The smallest absolute Gasteiger partial charge is 0.151 e. The van der Waals surface area contributed by atoms with Gasteiger partial charge < -0.3 is 24.8 Å². The van der Waals surface area contributed by atoms with Gasteiger partial charge in [-0.15, -0.1) is 0 Å². The van der Waals surface area contributed by atoms with E-state index >= 15 is 0 Å². The molecule has 0 unspecified atom stereocenters. The monoisotopic (exact) mass is 343 g/mol. The van der Waals surface area contributed by atoms with Crippen LogP contribution in [0.2, 0.25) is 0 Å². The number of aromatic nitrogens is 1. The average Bonchev–Trinajstić information content (AvgIpc) is 2.67. The van der Waals surface area contributed by atoms with Crippen LogP contribution in [0.3, 0.4) is 0 Å². The number of benzene rings is 1. The Morgan fingerprint density at radius 2 is 2.00 bits per heavy atom. The summed E-state index contributed by atoms with van der Waals surface area (Å²) in [6, 6.07) is 9.76. The second-order valence-corrected chi connectivity index (χ2v) is 6.12. The topological polar surface area (TPSA) is 66.9 Å². The van der Waals surface area contributed by atoms with Crippen molar-refractivity contribution >= 4 is 11.5 Å². The average molecular weight is 343 g/mol. The second kappa shape index (κ2) is 8.07. The van der Waals surface area contributed by atoms with E-state index in [9.17, 15) is 5.11 Å². The first kappa shape index (κ1) is 17.4. The number of nitrogens with one attached hydrogen (secondary N) is 1. The number of piperidine rings is 1. The molecule has 0 aliphatic carbocycles. The summed E-state index contributed by atoms with van der Waals surface area (Å²) in [4.78, 5) is 6.76. The highest BCUT2D eigenvalue weighted by atomic mass is 16.5. The summed E-state index contributed by atoms with van der Waals surface area (Å²) in [7, 11) is 3.30. The van der Waals surface area contributed by atoms with Crippen LogP contribution in [0.15, 0.2) is 36.5 Å². The van der Waals surface area contributed by atoms with Crippen molar-refractivity contribution in [3.05, 3.63) is 42.1 Å². The molecule has 0 spiro atoms. The lowest BCUT2D eigenvalue weighted by atomic mass is 10.1. The van der Waals surface area contributed by atoms with E-state index < -0.39 is 0 Å². The van der Waals surface area contributed by atoms with E-state index in [1.165, 1.54) is 0 Å². The van der Waals surface area contributed by atoms with Crippen LogP contribution < -0.4 is 19.7 Å². The van der Waals surface area contributed by atoms with E-state index in [0.29, 0.717) is 6.54 Å². The van der Waals surface area contributed by atoms with Crippen LogP contribution in [-0.2, 0) is 6.54 Å². The van der Waals surface area contributed by atoms with Crippen LogP contribution >= 0.6 is 0 Å².